The second kappa shape index (κ2) is 5.36. The van der Waals surface area contributed by atoms with E-state index in [4.69, 9.17) is 4.74 Å². The van der Waals surface area contributed by atoms with Crippen LogP contribution in [0.5, 0.6) is 0 Å². The first-order chi connectivity index (χ1) is 8.07. The Hall–Kier alpha value is -0.610. The third kappa shape index (κ3) is 4.28. The molecule has 98 valence electrons. The molecule has 17 heavy (non-hydrogen) atoms. The summed E-state index contributed by atoms with van der Waals surface area (Å²) in [7, 11) is 0. The van der Waals surface area contributed by atoms with Crippen LogP contribution in [0.1, 0.15) is 39.5 Å². The zero-order chi connectivity index (χ0) is 12.3. The van der Waals surface area contributed by atoms with Gasteiger partial charge in [-0.3, -0.25) is 4.79 Å². The molecule has 1 heterocycles. The summed E-state index contributed by atoms with van der Waals surface area (Å²) in [5.41, 5.74) is -0.00677. The van der Waals surface area contributed by atoms with Gasteiger partial charge >= 0.3 is 0 Å². The second-order valence-corrected chi connectivity index (χ2v) is 5.82. The van der Waals surface area contributed by atoms with E-state index in [2.05, 4.69) is 24.5 Å². The third-order valence-corrected chi connectivity index (χ3v) is 3.50. The van der Waals surface area contributed by atoms with Gasteiger partial charge in [0.15, 0.2) is 0 Å². The van der Waals surface area contributed by atoms with Gasteiger partial charge in [0.1, 0.15) is 0 Å². The van der Waals surface area contributed by atoms with Crippen molar-refractivity contribution in [3.8, 4) is 0 Å². The van der Waals surface area contributed by atoms with Gasteiger partial charge in [0.05, 0.1) is 5.60 Å². The van der Waals surface area contributed by atoms with E-state index in [9.17, 15) is 4.79 Å². The van der Waals surface area contributed by atoms with Crippen LogP contribution in [0.3, 0.4) is 0 Å². The van der Waals surface area contributed by atoms with Gasteiger partial charge in [0, 0.05) is 31.7 Å². The van der Waals surface area contributed by atoms with Crippen LogP contribution in [0.2, 0.25) is 0 Å². The Kier molecular flexibility index (Phi) is 4.05. The minimum Gasteiger partial charge on any atom is -0.375 e. The molecule has 1 unspecified atom stereocenters. The molecule has 1 atom stereocenters. The van der Waals surface area contributed by atoms with Crippen molar-refractivity contribution in [2.24, 2.45) is 5.92 Å². The van der Waals surface area contributed by atoms with Crippen LogP contribution in [0.4, 0.5) is 0 Å². The highest BCUT2D eigenvalue weighted by Crippen LogP contribution is 2.28. The lowest BCUT2D eigenvalue weighted by molar-refractivity contribution is -0.122. The molecule has 1 aliphatic heterocycles. The van der Waals surface area contributed by atoms with Crippen LogP contribution >= 0.6 is 0 Å². The van der Waals surface area contributed by atoms with Crippen LogP contribution in [0.25, 0.3) is 0 Å². The summed E-state index contributed by atoms with van der Waals surface area (Å²) < 4.78 is 5.67. The van der Waals surface area contributed by atoms with Gasteiger partial charge < -0.3 is 15.4 Å². The fourth-order valence-electron chi connectivity index (χ4n) is 2.36. The Morgan fingerprint density at radius 2 is 2.06 bits per heavy atom. The summed E-state index contributed by atoms with van der Waals surface area (Å²) in [5.74, 6) is 0.552. The van der Waals surface area contributed by atoms with Gasteiger partial charge in [-0.25, -0.2) is 0 Å². The largest absolute Gasteiger partial charge is 0.375 e. The molecule has 0 spiro atoms. The Balaban J connectivity index is 1.56. The molecular weight excluding hydrogens is 216 g/mol. The summed E-state index contributed by atoms with van der Waals surface area (Å²) in [6.45, 7) is 6.71. The van der Waals surface area contributed by atoms with Crippen molar-refractivity contribution in [1.82, 2.24) is 10.6 Å². The summed E-state index contributed by atoms with van der Waals surface area (Å²) in [4.78, 5) is 11.4. The van der Waals surface area contributed by atoms with Crippen LogP contribution in [-0.2, 0) is 9.53 Å². The van der Waals surface area contributed by atoms with Crippen molar-refractivity contribution >= 4 is 5.91 Å². The van der Waals surface area contributed by atoms with Gasteiger partial charge in [-0.2, -0.15) is 0 Å². The van der Waals surface area contributed by atoms with Gasteiger partial charge in [-0.05, 0) is 39.5 Å². The quantitative estimate of drug-likeness (QED) is 0.707. The number of hydrogen-bond donors (Lipinski definition) is 2. The first-order valence-corrected chi connectivity index (χ1v) is 6.72. The van der Waals surface area contributed by atoms with Gasteiger partial charge in [0.25, 0.3) is 0 Å². The molecule has 2 N–H and O–H groups in total. The average molecular weight is 240 g/mol. The normalized spacial score (nSPS) is 27.8. The highest BCUT2D eigenvalue weighted by molar-refractivity contribution is 5.80. The zero-order valence-corrected chi connectivity index (χ0v) is 10.9. The topological polar surface area (TPSA) is 50.4 Å². The molecule has 0 aromatic carbocycles. The monoisotopic (exact) mass is 240 g/mol. The van der Waals surface area contributed by atoms with Crippen molar-refractivity contribution in [2.45, 2.75) is 51.2 Å². The minimum atomic E-state index is -0.00677. The Morgan fingerprint density at radius 3 is 2.71 bits per heavy atom. The van der Waals surface area contributed by atoms with E-state index in [0.717, 1.165) is 45.4 Å². The molecule has 2 rings (SSSR count). The maximum atomic E-state index is 11.4. The number of nitrogens with one attached hydrogen (secondary N) is 2. The van der Waals surface area contributed by atoms with Gasteiger partial charge in [-0.1, -0.05) is 0 Å². The van der Waals surface area contributed by atoms with E-state index in [1.54, 1.807) is 0 Å². The van der Waals surface area contributed by atoms with Crippen LogP contribution < -0.4 is 10.6 Å². The van der Waals surface area contributed by atoms with E-state index >= 15 is 0 Å². The standard InChI is InChI=1S/C13H24N2O2/c1-13(2)9-11(5-8-17-13)14-6-7-15-12(16)10-3-4-10/h10-11,14H,3-9H2,1-2H3,(H,15,16). The summed E-state index contributed by atoms with van der Waals surface area (Å²) >= 11 is 0. The number of rotatable bonds is 5. The molecule has 4 nitrogen and oxygen atoms in total. The maximum Gasteiger partial charge on any atom is 0.223 e. The molecule has 2 aliphatic rings. The van der Waals surface area contributed by atoms with E-state index in [0.29, 0.717) is 12.0 Å². The lowest BCUT2D eigenvalue weighted by Crippen LogP contribution is -2.45. The van der Waals surface area contributed by atoms with Crippen LogP contribution in [-0.4, -0.2) is 37.2 Å². The Labute approximate surface area is 103 Å². The number of carbonyl (C=O) groups excluding carboxylic acids is 1. The molecule has 4 heteroatoms. The molecule has 1 saturated heterocycles. The minimum absolute atomic E-state index is 0.00677. The summed E-state index contributed by atoms with van der Waals surface area (Å²) in [6, 6.07) is 0.525. The number of amides is 1. The summed E-state index contributed by atoms with van der Waals surface area (Å²) in [5, 5.41) is 6.47. The average Bonchev–Trinajstić information content (AvgIpc) is 3.06. The molecule has 0 radical (unpaired) electrons. The smallest absolute Gasteiger partial charge is 0.223 e. The third-order valence-electron chi connectivity index (χ3n) is 3.50. The van der Waals surface area contributed by atoms with Crippen molar-refractivity contribution < 1.29 is 9.53 Å². The number of ether oxygens (including phenoxy) is 1. The molecule has 1 aliphatic carbocycles. The van der Waals surface area contributed by atoms with Crippen molar-refractivity contribution in [2.75, 3.05) is 19.7 Å². The highest BCUT2D eigenvalue weighted by atomic mass is 16.5. The summed E-state index contributed by atoms with van der Waals surface area (Å²) in [6.07, 6.45) is 4.27. The maximum absolute atomic E-state index is 11.4. The lowest BCUT2D eigenvalue weighted by Gasteiger charge is -2.36. The van der Waals surface area contributed by atoms with Crippen LogP contribution in [0, 0.1) is 5.92 Å². The first-order valence-electron chi connectivity index (χ1n) is 6.72. The van der Waals surface area contributed by atoms with E-state index in [1.807, 2.05) is 0 Å². The second-order valence-electron chi connectivity index (χ2n) is 5.82. The fraction of sp³-hybridized carbons (Fsp3) is 0.923. The predicted octanol–water partition coefficient (Wildman–Crippen LogP) is 1.06. The molecule has 0 aromatic heterocycles. The predicted molar refractivity (Wildman–Crippen MR) is 66.8 cm³/mol. The molecule has 1 amide bonds. The molecule has 0 bridgehead atoms. The van der Waals surface area contributed by atoms with Crippen molar-refractivity contribution in [3.63, 3.8) is 0 Å². The molecule has 2 fully saturated rings. The van der Waals surface area contributed by atoms with E-state index < -0.39 is 0 Å². The fourth-order valence-corrected chi connectivity index (χ4v) is 2.36. The van der Waals surface area contributed by atoms with Gasteiger partial charge in [-0.15, -0.1) is 0 Å². The van der Waals surface area contributed by atoms with Crippen molar-refractivity contribution in [1.29, 1.82) is 0 Å². The molecule has 1 saturated carbocycles. The van der Waals surface area contributed by atoms with Crippen LogP contribution in [0.15, 0.2) is 0 Å². The van der Waals surface area contributed by atoms with Crippen molar-refractivity contribution in [3.05, 3.63) is 0 Å². The Bertz CT molecular complexity index is 275. The SMILES string of the molecule is CC1(C)CC(NCCNC(=O)C2CC2)CCO1. The highest BCUT2D eigenvalue weighted by Gasteiger charge is 2.30. The van der Waals surface area contributed by atoms with E-state index in [1.165, 1.54) is 0 Å². The number of carbonyl (C=O) groups is 1. The first kappa shape index (κ1) is 12.8. The number of hydrogen-bond acceptors (Lipinski definition) is 3. The Morgan fingerprint density at radius 1 is 1.29 bits per heavy atom. The zero-order valence-electron chi connectivity index (χ0n) is 10.9. The lowest BCUT2D eigenvalue weighted by atomic mass is 9.94. The van der Waals surface area contributed by atoms with Gasteiger partial charge in [0.2, 0.25) is 5.91 Å². The van der Waals surface area contributed by atoms with E-state index in [-0.39, 0.29) is 11.5 Å². The molecular formula is C13H24N2O2. The molecule has 0 aromatic rings.